The van der Waals surface area contributed by atoms with Gasteiger partial charge in [-0.05, 0) is 30.3 Å². The van der Waals surface area contributed by atoms with E-state index in [1.165, 1.54) is 31.2 Å². The van der Waals surface area contributed by atoms with Crippen molar-refractivity contribution in [3.8, 4) is 0 Å². The number of nitrogens with zero attached hydrogens (tertiary/aromatic N) is 4. The minimum atomic E-state index is -0.550. The molecule has 2 amide bonds. The smallest absolute Gasteiger partial charge is 0.414 e. The average Bonchev–Trinajstić information content (AvgIpc) is 3.42. The third-order valence-electron chi connectivity index (χ3n) is 5.76. The van der Waals surface area contributed by atoms with Gasteiger partial charge in [0.05, 0.1) is 31.0 Å². The molecule has 1 atom stereocenters. The predicted octanol–water partition coefficient (Wildman–Crippen LogP) is 2.18. The second-order valence-corrected chi connectivity index (χ2v) is 8.17. The summed E-state index contributed by atoms with van der Waals surface area (Å²) in [6.07, 6.45) is 0.495. The highest BCUT2D eigenvalue weighted by atomic mass is 19.1. The first-order chi connectivity index (χ1) is 16.4. The van der Waals surface area contributed by atoms with Gasteiger partial charge in [-0.25, -0.2) is 9.18 Å². The molecule has 2 fully saturated rings. The number of rotatable bonds is 8. The summed E-state index contributed by atoms with van der Waals surface area (Å²) in [5, 5.41) is 6.32. The van der Waals surface area contributed by atoms with Gasteiger partial charge in [-0.1, -0.05) is 5.16 Å². The second-order valence-electron chi connectivity index (χ2n) is 8.17. The van der Waals surface area contributed by atoms with Crippen LogP contribution in [-0.4, -0.2) is 75.6 Å². The number of halogens is 1. The fourth-order valence-electron chi connectivity index (χ4n) is 4.04. The lowest BCUT2D eigenvalue weighted by Gasteiger charge is -2.36. The third kappa shape index (κ3) is 5.66. The Morgan fingerprint density at radius 1 is 1.26 bits per heavy atom. The van der Waals surface area contributed by atoms with Gasteiger partial charge in [0.25, 0.3) is 0 Å². The molecule has 2 saturated heterocycles. The first kappa shape index (κ1) is 23.6. The number of nitrogens with one attached hydrogen (secondary N) is 1. The van der Waals surface area contributed by atoms with Crippen LogP contribution >= 0.6 is 0 Å². The molecule has 1 N–H and O–H groups in total. The van der Waals surface area contributed by atoms with Crippen LogP contribution in [0, 0.1) is 5.82 Å². The number of ether oxygens (including phenoxy) is 1. The van der Waals surface area contributed by atoms with E-state index < -0.39 is 18.0 Å². The van der Waals surface area contributed by atoms with Gasteiger partial charge in [0.1, 0.15) is 36.8 Å². The van der Waals surface area contributed by atoms with Crippen molar-refractivity contribution in [2.45, 2.75) is 19.6 Å². The van der Waals surface area contributed by atoms with Crippen LogP contribution in [0.1, 0.15) is 18.4 Å². The Morgan fingerprint density at radius 2 is 2.06 bits per heavy atom. The van der Waals surface area contributed by atoms with E-state index in [1.807, 2.05) is 17.0 Å². The number of carbonyl (C=O) groups excluding carboxylic acids is 2. The summed E-state index contributed by atoms with van der Waals surface area (Å²) in [7, 11) is 1.47. The molecule has 0 saturated carbocycles. The summed E-state index contributed by atoms with van der Waals surface area (Å²) in [5.41, 5.74) is 0.933. The van der Waals surface area contributed by atoms with E-state index >= 15 is 0 Å². The van der Waals surface area contributed by atoms with E-state index in [1.54, 1.807) is 12.1 Å². The van der Waals surface area contributed by atoms with Crippen molar-refractivity contribution in [3.63, 3.8) is 0 Å². The van der Waals surface area contributed by atoms with Crippen LogP contribution in [0.25, 0.3) is 0 Å². The van der Waals surface area contributed by atoms with Crippen LogP contribution < -0.4 is 15.1 Å². The normalized spacial score (nSPS) is 19.0. The number of amides is 2. The van der Waals surface area contributed by atoms with E-state index in [2.05, 4.69) is 20.2 Å². The SMILES string of the molecule is CO/N=C\c1ccc(CN2CCN(c3ccc(N4C[C@H](CNC(C)=O)OC4=O)cc3F)CC2)o1. The first-order valence-electron chi connectivity index (χ1n) is 11.1. The molecule has 34 heavy (non-hydrogen) atoms. The maximum Gasteiger partial charge on any atom is 0.414 e. The zero-order chi connectivity index (χ0) is 24.1. The van der Waals surface area contributed by atoms with Gasteiger partial charge in [-0.3, -0.25) is 14.6 Å². The molecule has 2 aliphatic rings. The molecule has 2 aliphatic heterocycles. The molecule has 3 heterocycles. The molecule has 0 bridgehead atoms. The first-order valence-corrected chi connectivity index (χ1v) is 11.1. The summed E-state index contributed by atoms with van der Waals surface area (Å²) < 4.78 is 26.0. The summed E-state index contributed by atoms with van der Waals surface area (Å²) in [5.74, 6) is 0.865. The Bertz CT molecular complexity index is 1050. The lowest BCUT2D eigenvalue weighted by molar-refractivity contribution is -0.119. The van der Waals surface area contributed by atoms with Crippen LogP contribution in [0.2, 0.25) is 0 Å². The monoisotopic (exact) mass is 473 g/mol. The number of benzene rings is 1. The lowest BCUT2D eigenvalue weighted by atomic mass is 10.2. The summed E-state index contributed by atoms with van der Waals surface area (Å²) in [4.78, 5) is 33.6. The molecule has 0 radical (unpaired) electrons. The highest BCUT2D eigenvalue weighted by Crippen LogP contribution is 2.28. The summed E-state index contributed by atoms with van der Waals surface area (Å²) in [6.45, 7) is 5.38. The highest BCUT2D eigenvalue weighted by molar-refractivity contribution is 5.90. The average molecular weight is 474 g/mol. The van der Waals surface area contributed by atoms with E-state index in [9.17, 15) is 14.0 Å². The molecule has 11 heteroatoms. The van der Waals surface area contributed by atoms with Crippen molar-refractivity contribution in [1.82, 2.24) is 10.2 Å². The predicted molar refractivity (Wildman–Crippen MR) is 123 cm³/mol. The van der Waals surface area contributed by atoms with Crippen molar-refractivity contribution in [1.29, 1.82) is 0 Å². The molecule has 1 aromatic carbocycles. The maximum absolute atomic E-state index is 15.0. The Labute approximate surface area is 196 Å². The Kier molecular flexibility index (Phi) is 7.31. The molecular weight excluding hydrogens is 445 g/mol. The van der Waals surface area contributed by atoms with Gasteiger partial charge < -0.3 is 24.2 Å². The van der Waals surface area contributed by atoms with Gasteiger partial charge in [-0.2, -0.15) is 0 Å². The topological polar surface area (TPSA) is 99.9 Å². The van der Waals surface area contributed by atoms with Gasteiger partial charge in [0, 0.05) is 33.1 Å². The number of hydrogen-bond donors (Lipinski definition) is 1. The van der Waals surface area contributed by atoms with Crippen molar-refractivity contribution < 1.29 is 28.0 Å². The van der Waals surface area contributed by atoms with Crippen molar-refractivity contribution in [2.24, 2.45) is 5.16 Å². The number of cyclic esters (lactones) is 1. The Balaban J connectivity index is 1.32. The molecule has 4 rings (SSSR count). The molecular formula is C23H28FN5O5. The van der Waals surface area contributed by atoms with Gasteiger partial charge in [0.2, 0.25) is 5.91 Å². The number of piperazine rings is 1. The summed E-state index contributed by atoms with van der Waals surface area (Å²) >= 11 is 0. The second kappa shape index (κ2) is 10.6. The van der Waals surface area contributed by atoms with Gasteiger partial charge in [0.15, 0.2) is 0 Å². The number of oxime groups is 1. The molecule has 1 aromatic heterocycles. The third-order valence-corrected chi connectivity index (χ3v) is 5.76. The van der Waals surface area contributed by atoms with Crippen LogP contribution in [0.5, 0.6) is 0 Å². The molecule has 0 unspecified atom stereocenters. The van der Waals surface area contributed by atoms with Crippen molar-refractivity contribution >= 4 is 29.6 Å². The Morgan fingerprint density at radius 3 is 2.76 bits per heavy atom. The minimum Gasteiger partial charge on any atom is -0.459 e. The largest absolute Gasteiger partial charge is 0.459 e. The number of hydrogen-bond acceptors (Lipinski definition) is 8. The number of carbonyl (C=O) groups is 2. The molecule has 0 spiro atoms. The zero-order valence-electron chi connectivity index (χ0n) is 19.2. The van der Waals surface area contributed by atoms with Crippen LogP contribution in [0.15, 0.2) is 39.9 Å². The summed E-state index contributed by atoms with van der Waals surface area (Å²) in [6, 6.07) is 8.52. The fourth-order valence-corrected chi connectivity index (χ4v) is 4.04. The van der Waals surface area contributed by atoms with E-state index in [4.69, 9.17) is 9.15 Å². The van der Waals surface area contributed by atoms with E-state index in [0.717, 1.165) is 18.8 Å². The van der Waals surface area contributed by atoms with Crippen LogP contribution in [-0.2, 0) is 20.9 Å². The molecule has 10 nitrogen and oxygen atoms in total. The highest BCUT2D eigenvalue weighted by Gasteiger charge is 2.33. The van der Waals surface area contributed by atoms with Crippen molar-refractivity contribution in [3.05, 3.63) is 47.7 Å². The van der Waals surface area contributed by atoms with Crippen molar-refractivity contribution in [2.75, 3.05) is 56.2 Å². The standard InChI is InChI=1S/C23H28FN5O5/c1-16(30)25-12-20-15-29(23(31)34-20)17-3-6-22(21(24)11-17)28-9-7-27(8-10-28)14-19-5-4-18(33-19)13-26-32-2/h3-6,11,13,20H,7-10,12,14-15H2,1-2H3,(H,25,30)/b26-13-/t20-/m0/s1. The lowest BCUT2D eigenvalue weighted by Crippen LogP contribution is -2.46. The molecule has 182 valence electrons. The Hall–Kier alpha value is -3.60. The van der Waals surface area contributed by atoms with Gasteiger partial charge in [-0.15, -0.1) is 0 Å². The maximum atomic E-state index is 15.0. The fraction of sp³-hybridized carbons (Fsp3) is 0.435. The van der Waals surface area contributed by atoms with E-state index in [0.29, 0.717) is 36.8 Å². The van der Waals surface area contributed by atoms with Crippen LogP contribution in [0.3, 0.4) is 0 Å². The van der Waals surface area contributed by atoms with Crippen LogP contribution in [0.4, 0.5) is 20.6 Å². The minimum absolute atomic E-state index is 0.199. The number of furan rings is 1. The van der Waals surface area contributed by atoms with Gasteiger partial charge >= 0.3 is 6.09 Å². The van der Waals surface area contributed by atoms with E-state index in [-0.39, 0.29) is 19.0 Å². The number of anilines is 2. The molecule has 0 aliphatic carbocycles. The molecule has 2 aromatic rings. The zero-order valence-corrected chi connectivity index (χ0v) is 19.2. The quantitative estimate of drug-likeness (QED) is 0.463.